The predicted molar refractivity (Wildman–Crippen MR) is 61.0 cm³/mol. The van der Waals surface area contributed by atoms with Crippen molar-refractivity contribution in [2.45, 2.75) is 43.4 Å². The van der Waals surface area contributed by atoms with E-state index in [4.69, 9.17) is 0 Å². The molecule has 15 heavy (non-hydrogen) atoms. The van der Waals surface area contributed by atoms with Crippen LogP contribution in [0, 0.1) is 0 Å². The van der Waals surface area contributed by atoms with E-state index in [0.717, 1.165) is 18.8 Å². The van der Waals surface area contributed by atoms with Crippen LogP contribution in [0.4, 0.5) is 0 Å². The zero-order chi connectivity index (χ0) is 10.3. The minimum absolute atomic E-state index is 0.116. The first-order chi connectivity index (χ1) is 7.34. The molecule has 2 fully saturated rings. The average Bonchev–Trinajstić information content (AvgIpc) is 3.01. The molecule has 0 aromatic heterocycles. The van der Waals surface area contributed by atoms with E-state index >= 15 is 0 Å². The van der Waals surface area contributed by atoms with Crippen LogP contribution in [0.15, 0.2) is 24.3 Å². The second-order valence-corrected chi connectivity index (χ2v) is 5.19. The van der Waals surface area contributed by atoms with Crippen LogP contribution in [-0.4, -0.2) is 11.7 Å². The van der Waals surface area contributed by atoms with Crippen molar-refractivity contribution in [3.8, 4) is 0 Å². The maximum Gasteiger partial charge on any atom is 0.0527 e. The third-order valence-electron chi connectivity index (χ3n) is 4.16. The first kappa shape index (κ1) is 9.41. The summed E-state index contributed by atoms with van der Waals surface area (Å²) in [6.45, 7) is 0.321. The van der Waals surface area contributed by atoms with Gasteiger partial charge in [-0.3, -0.25) is 0 Å². The van der Waals surface area contributed by atoms with E-state index in [-0.39, 0.29) is 5.41 Å². The van der Waals surface area contributed by atoms with Gasteiger partial charge in [0.15, 0.2) is 0 Å². The molecule has 1 N–H and O–H groups in total. The quantitative estimate of drug-likeness (QED) is 0.799. The number of aliphatic hydroxyl groups is 1. The monoisotopic (exact) mass is 202 g/mol. The Kier molecular flexibility index (Phi) is 2.10. The molecule has 1 heteroatoms. The van der Waals surface area contributed by atoms with Crippen molar-refractivity contribution in [1.82, 2.24) is 0 Å². The van der Waals surface area contributed by atoms with Crippen LogP contribution in [0.1, 0.15) is 49.1 Å². The molecule has 0 saturated heterocycles. The molecule has 2 aliphatic rings. The van der Waals surface area contributed by atoms with Crippen molar-refractivity contribution in [3.63, 3.8) is 0 Å². The fourth-order valence-corrected chi connectivity index (χ4v) is 2.68. The molecule has 0 heterocycles. The van der Waals surface area contributed by atoms with E-state index in [1.54, 1.807) is 0 Å². The maximum absolute atomic E-state index is 9.54. The van der Waals surface area contributed by atoms with E-state index in [0.29, 0.717) is 6.61 Å². The second-order valence-electron chi connectivity index (χ2n) is 5.19. The fourth-order valence-electron chi connectivity index (χ4n) is 2.68. The Labute approximate surface area is 91.1 Å². The minimum Gasteiger partial charge on any atom is -0.395 e. The van der Waals surface area contributed by atoms with Crippen LogP contribution >= 0.6 is 0 Å². The zero-order valence-corrected chi connectivity index (χ0v) is 9.08. The molecule has 0 spiro atoms. The Hall–Kier alpha value is -0.820. The number of benzene rings is 1. The van der Waals surface area contributed by atoms with Gasteiger partial charge < -0.3 is 5.11 Å². The number of hydrogen-bond acceptors (Lipinski definition) is 1. The highest BCUT2D eigenvalue weighted by molar-refractivity contribution is 5.35. The van der Waals surface area contributed by atoms with Gasteiger partial charge in [0.2, 0.25) is 0 Å². The van der Waals surface area contributed by atoms with Crippen LogP contribution in [0.5, 0.6) is 0 Å². The van der Waals surface area contributed by atoms with Crippen LogP contribution < -0.4 is 0 Å². The molecule has 1 nitrogen and oxygen atoms in total. The lowest BCUT2D eigenvalue weighted by Crippen LogP contribution is -2.37. The zero-order valence-electron chi connectivity index (χ0n) is 9.08. The average molecular weight is 202 g/mol. The Morgan fingerprint density at radius 1 is 1.27 bits per heavy atom. The largest absolute Gasteiger partial charge is 0.395 e. The lowest BCUT2D eigenvalue weighted by Gasteiger charge is -2.41. The third-order valence-corrected chi connectivity index (χ3v) is 4.16. The summed E-state index contributed by atoms with van der Waals surface area (Å²) in [4.78, 5) is 0. The van der Waals surface area contributed by atoms with Crippen molar-refractivity contribution in [3.05, 3.63) is 35.4 Å². The van der Waals surface area contributed by atoms with Gasteiger partial charge in [-0.25, -0.2) is 0 Å². The first-order valence-electron chi connectivity index (χ1n) is 6.05. The van der Waals surface area contributed by atoms with Gasteiger partial charge in [-0.1, -0.05) is 30.7 Å². The number of rotatable bonds is 3. The van der Waals surface area contributed by atoms with Crippen LogP contribution in [0.25, 0.3) is 0 Å². The Bertz CT molecular complexity index is 356. The van der Waals surface area contributed by atoms with Gasteiger partial charge in [0, 0.05) is 5.41 Å². The van der Waals surface area contributed by atoms with Gasteiger partial charge in [0.25, 0.3) is 0 Å². The summed E-state index contributed by atoms with van der Waals surface area (Å²) in [7, 11) is 0. The van der Waals surface area contributed by atoms with E-state index in [2.05, 4.69) is 24.3 Å². The maximum atomic E-state index is 9.54. The SMILES string of the molecule is OCC1(c2cccc(C3CC3)c2)CCC1. The van der Waals surface area contributed by atoms with Crippen LogP contribution in [0.3, 0.4) is 0 Å². The highest BCUT2D eigenvalue weighted by Crippen LogP contribution is 2.46. The van der Waals surface area contributed by atoms with Gasteiger partial charge in [0.1, 0.15) is 0 Å². The molecule has 0 unspecified atom stereocenters. The molecule has 0 amide bonds. The summed E-state index contributed by atoms with van der Waals surface area (Å²) in [5, 5.41) is 9.54. The fraction of sp³-hybridized carbons (Fsp3) is 0.571. The summed E-state index contributed by atoms with van der Waals surface area (Å²) in [6.07, 6.45) is 6.31. The molecule has 2 aliphatic carbocycles. The van der Waals surface area contributed by atoms with Crippen molar-refractivity contribution in [2.75, 3.05) is 6.61 Å². The van der Waals surface area contributed by atoms with Gasteiger partial charge >= 0.3 is 0 Å². The Morgan fingerprint density at radius 2 is 2.07 bits per heavy atom. The first-order valence-corrected chi connectivity index (χ1v) is 6.05. The van der Waals surface area contributed by atoms with E-state index in [1.807, 2.05) is 0 Å². The second kappa shape index (κ2) is 3.34. The summed E-state index contributed by atoms with van der Waals surface area (Å²) in [6, 6.07) is 8.94. The standard InChI is InChI=1S/C14H18O/c15-10-14(7-2-8-14)13-4-1-3-12(9-13)11-5-6-11/h1,3-4,9,11,15H,2,5-8,10H2. The van der Waals surface area contributed by atoms with Gasteiger partial charge in [-0.05, 0) is 42.7 Å². The molecular formula is C14H18O. The molecular weight excluding hydrogens is 184 g/mol. The Balaban J connectivity index is 1.93. The van der Waals surface area contributed by atoms with Crippen molar-refractivity contribution in [1.29, 1.82) is 0 Å². The lowest BCUT2D eigenvalue weighted by atomic mass is 9.65. The molecule has 3 rings (SSSR count). The van der Waals surface area contributed by atoms with E-state index in [9.17, 15) is 5.11 Å². The topological polar surface area (TPSA) is 20.2 Å². The smallest absolute Gasteiger partial charge is 0.0527 e. The van der Waals surface area contributed by atoms with Gasteiger partial charge in [0.05, 0.1) is 6.61 Å². The third kappa shape index (κ3) is 1.50. The molecule has 2 saturated carbocycles. The summed E-state index contributed by atoms with van der Waals surface area (Å²) in [5.74, 6) is 0.820. The summed E-state index contributed by atoms with van der Waals surface area (Å²) >= 11 is 0. The molecule has 0 radical (unpaired) electrons. The molecule has 0 bridgehead atoms. The number of hydrogen-bond donors (Lipinski definition) is 1. The highest BCUT2D eigenvalue weighted by Gasteiger charge is 2.38. The molecule has 0 atom stereocenters. The van der Waals surface area contributed by atoms with Crippen molar-refractivity contribution >= 4 is 0 Å². The van der Waals surface area contributed by atoms with Gasteiger partial charge in [-0.15, -0.1) is 0 Å². The van der Waals surface area contributed by atoms with Crippen molar-refractivity contribution < 1.29 is 5.11 Å². The summed E-state index contributed by atoms with van der Waals surface area (Å²) < 4.78 is 0. The van der Waals surface area contributed by atoms with Crippen LogP contribution in [0.2, 0.25) is 0 Å². The molecule has 80 valence electrons. The van der Waals surface area contributed by atoms with Gasteiger partial charge in [-0.2, -0.15) is 0 Å². The van der Waals surface area contributed by atoms with E-state index in [1.165, 1.54) is 30.4 Å². The summed E-state index contributed by atoms with van der Waals surface area (Å²) in [5.41, 5.74) is 2.98. The number of aliphatic hydroxyl groups excluding tert-OH is 1. The lowest BCUT2D eigenvalue weighted by molar-refractivity contribution is 0.120. The molecule has 0 aliphatic heterocycles. The van der Waals surface area contributed by atoms with Crippen LogP contribution in [-0.2, 0) is 5.41 Å². The predicted octanol–water partition coefficient (Wildman–Crippen LogP) is 2.98. The van der Waals surface area contributed by atoms with Crippen molar-refractivity contribution in [2.24, 2.45) is 0 Å². The Morgan fingerprint density at radius 3 is 2.60 bits per heavy atom. The molecule has 1 aromatic carbocycles. The highest BCUT2D eigenvalue weighted by atomic mass is 16.3. The normalized spacial score (nSPS) is 23.5. The minimum atomic E-state index is 0.116. The molecule has 1 aromatic rings. The van der Waals surface area contributed by atoms with E-state index < -0.39 is 0 Å².